The van der Waals surface area contributed by atoms with Gasteiger partial charge in [0.05, 0.1) is 11.5 Å². The molecule has 0 aliphatic carbocycles. The summed E-state index contributed by atoms with van der Waals surface area (Å²) in [7, 11) is -3.12. The molecule has 1 aromatic rings. The van der Waals surface area contributed by atoms with Gasteiger partial charge in [-0.3, -0.25) is 10.1 Å². The average Bonchev–Trinajstić information content (AvgIpc) is 2.17. The van der Waals surface area contributed by atoms with Crippen LogP contribution in [0.4, 0.5) is 5.69 Å². The Morgan fingerprint density at radius 3 is 2.38 bits per heavy atom. The summed E-state index contributed by atoms with van der Waals surface area (Å²) in [6.07, 6.45) is 0. The minimum Gasteiger partial charge on any atom is -0.425 e. The molecular weight excluding hydrogens is 233 g/mol. The van der Waals surface area contributed by atoms with Crippen molar-refractivity contribution in [2.24, 2.45) is 0 Å². The molecule has 0 amide bonds. The van der Waals surface area contributed by atoms with E-state index in [1.54, 1.807) is 6.92 Å². The van der Waals surface area contributed by atoms with E-state index >= 15 is 0 Å². The molecule has 0 spiro atoms. The molecule has 7 heteroatoms. The van der Waals surface area contributed by atoms with Gasteiger partial charge in [-0.25, -0.2) is 4.57 Å². The number of hydrogen-bond donors (Lipinski definition) is 0. The molecule has 1 rings (SSSR count). The molecule has 16 heavy (non-hydrogen) atoms. The fourth-order valence-electron chi connectivity index (χ4n) is 1.08. The number of nitro groups is 1. The van der Waals surface area contributed by atoms with Crippen molar-refractivity contribution < 1.29 is 18.5 Å². The van der Waals surface area contributed by atoms with Crippen LogP contribution >= 0.6 is 7.60 Å². The van der Waals surface area contributed by atoms with Crippen LogP contribution in [0, 0.1) is 10.1 Å². The summed E-state index contributed by atoms with van der Waals surface area (Å²) in [5, 5.41) is 10.4. The fourth-order valence-corrected chi connectivity index (χ4v) is 2.11. The van der Waals surface area contributed by atoms with Gasteiger partial charge in [-0.1, -0.05) is 0 Å². The van der Waals surface area contributed by atoms with Crippen molar-refractivity contribution in [3.05, 3.63) is 34.4 Å². The van der Waals surface area contributed by atoms with Gasteiger partial charge in [-0.15, -0.1) is 0 Å². The Bertz CT molecular complexity index is 416. The Labute approximate surface area is 92.9 Å². The van der Waals surface area contributed by atoms with E-state index in [0.29, 0.717) is 0 Å². The number of nitro benzene ring substituents is 1. The average molecular weight is 245 g/mol. The smallest absolute Gasteiger partial charge is 0.376 e. The number of hydrogen-bond acceptors (Lipinski definition) is 5. The van der Waals surface area contributed by atoms with Crippen LogP contribution in [0.3, 0.4) is 0 Å². The molecule has 0 radical (unpaired) electrons. The first kappa shape index (κ1) is 12.7. The first-order valence-corrected chi connectivity index (χ1v) is 6.59. The third-order valence-corrected chi connectivity index (χ3v) is 2.95. The van der Waals surface area contributed by atoms with Crippen molar-refractivity contribution in [3.63, 3.8) is 0 Å². The van der Waals surface area contributed by atoms with E-state index < -0.39 is 12.5 Å². The van der Waals surface area contributed by atoms with Crippen LogP contribution in [0.1, 0.15) is 6.92 Å². The molecule has 0 aromatic heterocycles. The van der Waals surface area contributed by atoms with E-state index in [4.69, 9.17) is 9.05 Å². The van der Waals surface area contributed by atoms with Gasteiger partial charge < -0.3 is 9.05 Å². The minimum absolute atomic E-state index is 0.0466. The van der Waals surface area contributed by atoms with Crippen molar-refractivity contribution in [1.29, 1.82) is 0 Å². The Morgan fingerprint density at radius 2 is 1.94 bits per heavy atom. The lowest BCUT2D eigenvalue weighted by Crippen LogP contribution is -1.96. The Hall–Kier alpha value is -1.39. The normalized spacial score (nSPS) is 14.1. The molecular formula is C9H12NO5P. The second-order valence-electron chi connectivity index (χ2n) is 3.03. The summed E-state index contributed by atoms with van der Waals surface area (Å²) in [6, 6.07) is 5.32. The van der Waals surface area contributed by atoms with Crippen molar-refractivity contribution in [1.82, 2.24) is 0 Å². The van der Waals surface area contributed by atoms with Gasteiger partial charge in [0.2, 0.25) is 0 Å². The topological polar surface area (TPSA) is 78.7 Å². The molecule has 0 N–H and O–H groups in total. The fraction of sp³-hybridized carbons (Fsp3) is 0.333. The zero-order chi connectivity index (χ0) is 12.2. The number of non-ortho nitro benzene ring substituents is 1. The van der Waals surface area contributed by atoms with E-state index in [-0.39, 0.29) is 18.0 Å². The quantitative estimate of drug-likeness (QED) is 0.452. The molecule has 0 aliphatic rings. The summed E-state index contributed by atoms with van der Waals surface area (Å²) in [4.78, 5) is 9.87. The van der Waals surface area contributed by atoms with Crippen molar-refractivity contribution >= 4 is 13.3 Å². The van der Waals surface area contributed by atoms with Gasteiger partial charge in [0.25, 0.3) is 5.69 Å². The molecule has 0 fully saturated rings. The van der Waals surface area contributed by atoms with Gasteiger partial charge in [0, 0.05) is 18.8 Å². The third-order valence-electron chi connectivity index (χ3n) is 1.68. The second-order valence-corrected chi connectivity index (χ2v) is 5.01. The molecule has 0 bridgehead atoms. The highest BCUT2D eigenvalue weighted by Crippen LogP contribution is 2.44. The number of nitrogens with zero attached hydrogens (tertiary/aromatic N) is 1. The zero-order valence-corrected chi connectivity index (χ0v) is 9.85. The van der Waals surface area contributed by atoms with Crippen LogP contribution in [-0.2, 0) is 9.09 Å². The molecule has 0 unspecified atom stereocenters. The summed E-state index contributed by atoms with van der Waals surface area (Å²) in [6.45, 7) is 3.33. The van der Waals surface area contributed by atoms with Crippen molar-refractivity contribution in [3.8, 4) is 5.75 Å². The Kier molecular flexibility index (Phi) is 4.04. The van der Waals surface area contributed by atoms with Gasteiger partial charge in [0.15, 0.2) is 0 Å². The highest BCUT2D eigenvalue weighted by Gasteiger charge is 2.17. The molecule has 6 nitrogen and oxygen atoms in total. The van der Waals surface area contributed by atoms with E-state index in [0.717, 1.165) is 0 Å². The maximum Gasteiger partial charge on any atom is 0.376 e. The lowest BCUT2D eigenvalue weighted by molar-refractivity contribution is -0.384. The largest absolute Gasteiger partial charge is 0.425 e. The van der Waals surface area contributed by atoms with Crippen molar-refractivity contribution in [2.45, 2.75) is 6.92 Å². The monoisotopic (exact) mass is 245 g/mol. The lowest BCUT2D eigenvalue weighted by atomic mass is 10.3. The lowest BCUT2D eigenvalue weighted by Gasteiger charge is -2.13. The summed E-state index contributed by atoms with van der Waals surface area (Å²) >= 11 is 0. The Morgan fingerprint density at radius 1 is 1.38 bits per heavy atom. The van der Waals surface area contributed by atoms with Crippen LogP contribution < -0.4 is 4.52 Å². The summed E-state index contributed by atoms with van der Waals surface area (Å²) in [5.74, 6) is 0.282. The second kappa shape index (κ2) is 5.09. The van der Waals surface area contributed by atoms with Gasteiger partial charge in [-0.05, 0) is 19.1 Å². The van der Waals surface area contributed by atoms with Crippen LogP contribution in [-0.4, -0.2) is 18.2 Å². The minimum atomic E-state index is -3.12. The maximum absolute atomic E-state index is 11.6. The Balaban J connectivity index is 2.76. The van der Waals surface area contributed by atoms with Crippen LogP contribution in [0.15, 0.2) is 24.3 Å². The van der Waals surface area contributed by atoms with Crippen LogP contribution in [0.25, 0.3) is 0 Å². The maximum atomic E-state index is 11.6. The van der Waals surface area contributed by atoms with E-state index in [1.165, 1.54) is 30.9 Å². The molecule has 0 saturated heterocycles. The van der Waals surface area contributed by atoms with E-state index in [2.05, 4.69) is 0 Å². The first-order chi connectivity index (χ1) is 7.44. The molecule has 88 valence electrons. The SMILES string of the molecule is CCO[P@@](C)(=O)Oc1ccc([N+](=O)[O-])cc1. The predicted octanol–water partition coefficient (Wildman–Crippen LogP) is 2.83. The molecule has 0 aliphatic heterocycles. The van der Waals surface area contributed by atoms with E-state index in [9.17, 15) is 14.7 Å². The van der Waals surface area contributed by atoms with Gasteiger partial charge in [0.1, 0.15) is 5.75 Å². The van der Waals surface area contributed by atoms with Crippen LogP contribution in [0.2, 0.25) is 0 Å². The number of benzene rings is 1. The zero-order valence-electron chi connectivity index (χ0n) is 8.95. The van der Waals surface area contributed by atoms with Crippen molar-refractivity contribution in [2.75, 3.05) is 13.3 Å². The molecule has 1 aromatic carbocycles. The number of rotatable bonds is 5. The summed E-state index contributed by atoms with van der Waals surface area (Å²) < 4.78 is 21.6. The van der Waals surface area contributed by atoms with E-state index in [1.807, 2.05) is 0 Å². The van der Waals surface area contributed by atoms with Gasteiger partial charge >= 0.3 is 7.60 Å². The third kappa shape index (κ3) is 3.64. The highest BCUT2D eigenvalue weighted by molar-refractivity contribution is 7.53. The first-order valence-electron chi connectivity index (χ1n) is 4.60. The molecule has 0 heterocycles. The van der Waals surface area contributed by atoms with Gasteiger partial charge in [-0.2, -0.15) is 0 Å². The summed E-state index contributed by atoms with van der Waals surface area (Å²) in [5.41, 5.74) is -0.0466. The highest BCUT2D eigenvalue weighted by atomic mass is 31.2. The molecule has 0 saturated carbocycles. The van der Waals surface area contributed by atoms with Crippen LogP contribution in [0.5, 0.6) is 5.75 Å². The standard InChI is InChI=1S/C9H12NO5P/c1-3-14-16(2,13)15-9-6-4-8(5-7-9)10(11)12/h4-7H,3H2,1-2H3/t16-/m1/s1. The predicted molar refractivity (Wildman–Crippen MR) is 58.9 cm³/mol. The molecule has 1 atom stereocenters.